The molecule has 0 spiro atoms. The molecule has 106 valence electrons. The van der Waals surface area contributed by atoms with Crippen LogP contribution in [0, 0.1) is 0 Å². The fourth-order valence-electron chi connectivity index (χ4n) is 1.38. The zero-order chi connectivity index (χ0) is 14.2. The minimum Gasteiger partial charge on any atom is -0.363 e. The zero-order valence-corrected chi connectivity index (χ0v) is 14.3. The first-order valence-corrected chi connectivity index (χ1v) is 10.6. The molecule has 1 N–H and O–H groups in total. The molecule has 0 rings (SSSR count). The van der Waals surface area contributed by atoms with E-state index in [9.17, 15) is 0 Å². The Morgan fingerprint density at radius 1 is 1.17 bits per heavy atom. The van der Waals surface area contributed by atoms with Crippen LogP contribution in [-0.4, -0.2) is 21.4 Å². The Labute approximate surface area is 115 Å². The van der Waals surface area contributed by atoms with Crippen LogP contribution in [0.3, 0.4) is 0 Å². The molecule has 2 nitrogen and oxygen atoms in total. The summed E-state index contributed by atoms with van der Waals surface area (Å²) in [5.74, 6) is 0. The summed E-state index contributed by atoms with van der Waals surface area (Å²) in [6.45, 7) is 17.2. The van der Waals surface area contributed by atoms with Crippen LogP contribution in [0.4, 0.5) is 0 Å². The van der Waals surface area contributed by atoms with E-state index in [4.69, 9.17) is 4.74 Å². The van der Waals surface area contributed by atoms with Crippen molar-refractivity contribution in [3.05, 3.63) is 22.9 Å². The minimum absolute atomic E-state index is 0.612. The van der Waals surface area contributed by atoms with Crippen LogP contribution in [0.15, 0.2) is 22.9 Å². The highest BCUT2D eigenvalue weighted by atomic mass is 28.3. The molecule has 0 atom stereocenters. The number of hydrogen-bond donors (Lipinski definition) is 1. The summed E-state index contributed by atoms with van der Waals surface area (Å²) < 4.78 is 5.68. The second-order valence-electron chi connectivity index (χ2n) is 6.31. The van der Waals surface area contributed by atoms with Crippen molar-refractivity contribution in [3.8, 4) is 0 Å². The highest BCUT2D eigenvalue weighted by molar-refractivity contribution is 6.76. The van der Waals surface area contributed by atoms with Gasteiger partial charge in [-0.2, -0.15) is 0 Å². The number of nitrogens with one attached hydrogen (secondary N) is 1. The Morgan fingerprint density at radius 2 is 1.78 bits per heavy atom. The van der Waals surface area contributed by atoms with E-state index in [0.717, 1.165) is 13.0 Å². The largest absolute Gasteiger partial charge is 0.363 e. The van der Waals surface area contributed by atoms with E-state index in [-0.39, 0.29) is 0 Å². The third-order valence-electron chi connectivity index (χ3n) is 2.78. The topological polar surface area (TPSA) is 21.3 Å². The Balaban J connectivity index is 4.12. The van der Waals surface area contributed by atoms with Crippen molar-refractivity contribution < 1.29 is 4.74 Å². The molecule has 3 heteroatoms. The molecular formula is C15H31NOSi. The molecule has 0 aromatic heterocycles. The predicted octanol–water partition coefficient (Wildman–Crippen LogP) is 4.54. The first-order chi connectivity index (χ1) is 8.26. The highest BCUT2D eigenvalue weighted by Gasteiger charge is 2.11. The monoisotopic (exact) mass is 269 g/mol. The van der Waals surface area contributed by atoms with Crippen molar-refractivity contribution in [1.29, 1.82) is 0 Å². The number of rotatable bonds is 8. The lowest BCUT2D eigenvalue weighted by atomic mass is 10.1. The van der Waals surface area contributed by atoms with Crippen molar-refractivity contribution in [2.24, 2.45) is 0 Å². The van der Waals surface area contributed by atoms with Gasteiger partial charge in [0, 0.05) is 20.4 Å². The zero-order valence-electron chi connectivity index (χ0n) is 13.3. The first kappa shape index (κ1) is 17.5. The molecule has 0 radical (unpaired) electrons. The third-order valence-corrected chi connectivity index (χ3v) is 4.49. The van der Waals surface area contributed by atoms with Gasteiger partial charge in [0.25, 0.3) is 0 Å². The van der Waals surface area contributed by atoms with E-state index < -0.39 is 8.07 Å². The van der Waals surface area contributed by atoms with Crippen LogP contribution in [-0.2, 0) is 4.74 Å². The van der Waals surface area contributed by atoms with Crippen LogP contribution in [0.25, 0.3) is 0 Å². The maximum Gasteiger partial charge on any atom is 0.116 e. The lowest BCUT2D eigenvalue weighted by Crippen LogP contribution is -2.24. The quantitative estimate of drug-likeness (QED) is 0.302. The Kier molecular flexibility index (Phi) is 8.28. The molecule has 0 aromatic rings. The van der Waals surface area contributed by atoms with Crippen molar-refractivity contribution in [2.75, 3.05) is 13.3 Å². The van der Waals surface area contributed by atoms with Crippen LogP contribution < -0.4 is 5.32 Å². The molecule has 0 aliphatic heterocycles. The number of ether oxygens (including phenoxy) is 1. The second kappa shape index (κ2) is 8.54. The molecule has 0 aliphatic carbocycles. The molecule has 0 aromatic carbocycles. The van der Waals surface area contributed by atoms with E-state index in [0.29, 0.717) is 6.73 Å². The van der Waals surface area contributed by atoms with E-state index in [2.05, 4.69) is 58.7 Å². The Morgan fingerprint density at radius 3 is 2.22 bits per heavy atom. The summed E-state index contributed by atoms with van der Waals surface area (Å²) >= 11 is 0. The van der Waals surface area contributed by atoms with E-state index in [1.165, 1.54) is 22.9 Å². The smallest absolute Gasteiger partial charge is 0.116 e. The van der Waals surface area contributed by atoms with Gasteiger partial charge in [0.2, 0.25) is 0 Å². The molecule has 0 bridgehead atoms. The number of hydrogen-bond acceptors (Lipinski definition) is 2. The van der Waals surface area contributed by atoms with Crippen LogP contribution >= 0.6 is 0 Å². The van der Waals surface area contributed by atoms with Gasteiger partial charge in [0.05, 0.1) is 0 Å². The molecule has 0 heterocycles. The lowest BCUT2D eigenvalue weighted by molar-refractivity contribution is 0.135. The average molecular weight is 270 g/mol. The van der Waals surface area contributed by atoms with E-state index >= 15 is 0 Å². The molecule has 0 saturated heterocycles. The van der Waals surface area contributed by atoms with Crippen LogP contribution in [0.5, 0.6) is 0 Å². The minimum atomic E-state index is -0.966. The van der Waals surface area contributed by atoms with Gasteiger partial charge in [-0.05, 0) is 39.3 Å². The van der Waals surface area contributed by atoms with E-state index in [1.807, 2.05) is 0 Å². The summed E-state index contributed by atoms with van der Waals surface area (Å²) in [7, 11) is -0.966. The van der Waals surface area contributed by atoms with Gasteiger partial charge in [-0.25, -0.2) is 0 Å². The number of allylic oxidation sites excluding steroid dienone is 3. The van der Waals surface area contributed by atoms with Crippen LogP contribution in [0.1, 0.15) is 34.1 Å². The molecule has 0 saturated carbocycles. The maximum atomic E-state index is 5.68. The van der Waals surface area contributed by atoms with Gasteiger partial charge in [-0.3, -0.25) is 0 Å². The third kappa shape index (κ3) is 9.48. The first-order valence-electron chi connectivity index (χ1n) is 6.92. The fourth-order valence-corrected chi connectivity index (χ4v) is 2.14. The van der Waals surface area contributed by atoms with Crippen molar-refractivity contribution in [1.82, 2.24) is 5.32 Å². The Bertz CT molecular complexity index is 296. The Hall–Kier alpha value is -0.543. The summed E-state index contributed by atoms with van der Waals surface area (Å²) in [4.78, 5) is 0. The molecule has 18 heavy (non-hydrogen) atoms. The van der Waals surface area contributed by atoms with Gasteiger partial charge in [0.1, 0.15) is 6.73 Å². The standard InChI is InChI=1S/C15H31NOSi/c1-8-14(4)15(11-13(2)3)16-12-17-9-10-18(5,6)7/h11,16H,8-10,12H2,1-7H3/b15-14-. The predicted molar refractivity (Wildman–Crippen MR) is 84.5 cm³/mol. The molecule has 0 aliphatic rings. The fraction of sp³-hybridized carbons (Fsp3) is 0.733. The molecule has 0 unspecified atom stereocenters. The summed E-state index contributed by atoms with van der Waals surface area (Å²) in [5, 5.41) is 3.38. The molecular weight excluding hydrogens is 238 g/mol. The maximum absolute atomic E-state index is 5.68. The summed E-state index contributed by atoms with van der Waals surface area (Å²) in [6.07, 6.45) is 3.27. The molecule has 0 amide bonds. The van der Waals surface area contributed by atoms with Crippen molar-refractivity contribution >= 4 is 8.07 Å². The van der Waals surface area contributed by atoms with E-state index in [1.54, 1.807) is 0 Å². The van der Waals surface area contributed by atoms with Crippen LogP contribution in [0.2, 0.25) is 25.7 Å². The average Bonchev–Trinajstić information content (AvgIpc) is 2.24. The normalized spacial score (nSPS) is 13.1. The van der Waals surface area contributed by atoms with Gasteiger partial charge in [0.15, 0.2) is 0 Å². The van der Waals surface area contributed by atoms with Gasteiger partial charge < -0.3 is 10.1 Å². The highest BCUT2D eigenvalue weighted by Crippen LogP contribution is 2.10. The SMILES string of the molecule is CC/C(C)=C(/C=C(C)C)NCOCC[Si](C)(C)C. The van der Waals surface area contributed by atoms with Gasteiger partial charge >= 0.3 is 0 Å². The summed E-state index contributed by atoms with van der Waals surface area (Å²) in [5.41, 5.74) is 3.91. The lowest BCUT2D eigenvalue weighted by Gasteiger charge is -2.16. The van der Waals surface area contributed by atoms with Crippen molar-refractivity contribution in [2.45, 2.75) is 59.8 Å². The summed E-state index contributed by atoms with van der Waals surface area (Å²) in [6, 6.07) is 1.23. The van der Waals surface area contributed by atoms with Gasteiger partial charge in [-0.1, -0.05) is 37.7 Å². The second-order valence-corrected chi connectivity index (χ2v) is 11.9. The van der Waals surface area contributed by atoms with Gasteiger partial charge in [-0.15, -0.1) is 0 Å². The molecule has 0 fully saturated rings. The van der Waals surface area contributed by atoms with Crippen molar-refractivity contribution in [3.63, 3.8) is 0 Å².